The molecule has 2 aliphatic rings. The second-order valence-corrected chi connectivity index (χ2v) is 13.7. The van der Waals surface area contributed by atoms with E-state index < -0.39 is 0 Å². The molecule has 1 saturated heterocycles. The predicted molar refractivity (Wildman–Crippen MR) is 140 cm³/mol. The third-order valence-corrected chi connectivity index (χ3v) is 7.39. The molecule has 3 rings (SSSR count). The molecule has 1 fully saturated rings. The Labute approximate surface area is 200 Å². The lowest BCUT2D eigenvalue weighted by Gasteiger charge is -2.46. The Balaban J connectivity index is 0.000000303. The highest BCUT2D eigenvalue weighted by Crippen LogP contribution is 2.40. The van der Waals surface area contributed by atoms with Crippen molar-refractivity contribution < 1.29 is 5.11 Å². The number of rotatable bonds is 6. The van der Waals surface area contributed by atoms with Crippen LogP contribution in [-0.2, 0) is 6.42 Å². The third-order valence-electron chi connectivity index (χ3n) is 6.85. The van der Waals surface area contributed by atoms with Crippen molar-refractivity contribution in [2.45, 2.75) is 109 Å². The van der Waals surface area contributed by atoms with Gasteiger partial charge in [0.2, 0.25) is 0 Å². The Kier molecular flexibility index (Phi) is 10.1. The van der Waals surface area contributed by atoms with Gasteiger partial charge >= 0.3 is 0 Å². The van der Waals surface area contributed by atoms with Gasteiger partial charge < -0.3 is 5.11 Å². The van der Waals surface area contributed by atoms with Crippen molar-refractivity contribution in [2.75, 3.05) is 13.1 Å². The number of aryl methyl sites for hydroxylation is 2. The van der Waals surface area contributed by atoms with Crippen LogP contribution in [0.4, 0.5) is 0 Å². The van der Waals surface area contributed by atoms with E-state index in [2.05, 4.69) is 88.1 Å². The number of alkyl halides is 1. The zero-order valence-corrected chi connectivity index (χ0v) is 22.8. The number of hydrogen-bond acceptors (Lipinski definition) is 2. The topological polar surface area (TPSA) is 23.5 Å². The number of benzene rings is 1. The number of unbranched alkanes of at least 4 members (excludes halogenated alkanes) is 2. The molecule has 0 aliphatic carbocycles. The highest BCUT2D eigenvalue weighted by molar-refractivity contribution is 14.1. The maximum atomic E-state index is 10.6. The van der Waals surface area contributed by atoms with Gasteiger partial charge in [-0.2, -0.15) is 0 Å². The van der Waals surface area contributed by atoms with Crippen molar-refractivity contribution in [3.05, 3.63) is 34.4 Å². The van der Waals surface area contributed by atoms with Gasteiger partial charge in [-0.05, 0) is 73.6 Å². The SMILES string of the molecule is CCCCCC(C)(C)I.Cc1cc2c(cc1C)[C@H]1C[C@@H](O)[C@H](CC(C)C)CN1CC2. The number of fused-ring (bicyclic) bond motifs is 3. The Bertz CT molecular complexity index is 664. The molecule has 0 spiro atoms. The first kappa shape index (κ1) is 26.1. The molecule has 2 aliphatic heterocycles. The Morgan fingerprint density at radius 1 is 1.17 bits per heavy atom. The van der Waals surface area contributed by atoms with Gasteiger partial charge in [0.1, 0.15) is 0 Å². The molecule has 0 bridgehead atoms. The van der Waals surface area contributed by atoms with Crippen LogP contribution < -0.4 is 0 Å². The van der Waals surface area contributed by atoms with Crippen molar-refractivity contribution in [2.24, 2.45) is 11.8 Å². The summed E-state index contributed by atoms with van der Waals surface area (Å²) in [6.07, 6.45) is 8.57. The maximum Gasteiger partial charge on any atom is 0.0598 e. The summed E-state index contributed by atoms with van der Waals surface area (Å²) >= 11 is 2.52. The van der Waals surface area contributed by atoms with E-state index in [4.69, 9.17) is 0 Å². The molecule has 172 valence electrons. The van der Waals surface area contributed by atoms with E-state index in [-0.39, 0.29) is 6.10 Å². The molecule has 3 heteroatoms. The number of aliphatic hydroxyl groups excluding tert-OH is 1. The van der Waals surface area contributed by atoms with E-state index in [1.807, 2.05) is 0 Å². The van der Waals surface area contributed by atoms with E-state index in [0.717, 1.165) is 32.4 Å². The van der Waals surface area contributed by atoms with Crippen LogP contribution in [0.3, 0.4) is 0 Å². The van der Waals surface area contributed by atoms with Crippen molar-refractivity contribution in [3.8, 4) is 0 Å². The number of piperidine rings is 1. The van der Waals surface area contributed by atoms with E-state index in [0.29, 0.717) is 21.3 Å². The summed E-state index contributed by atoms with van der Waals surface area (Å²) in [6, 6.07) is 5.18. The molecule has 0 unspecified atom stereocenters. The summed E-state index contributed by atoms with van der Waals surface area (Å²) in [5, 5.41) is 10.6. The number of aliphatic hydroxyl groups is 1. The van der Waals surface area contributed by atoms with Crippen molar-refractivity contribution >= 4 is 22.6 Å². The quantitative estimate of drug-likeness (QED) is 0.237. The molecule has 0 aromatic heterocycles. The standard InChI is InChI=1S/C19H29NO.C8H17I/c1-12(2)7-16-11-20-6-5-15-8-13(3)14(4)9-17(15)18(20)10-19(16)21;1-4-5-6-7-8(2,3)9/h8-9,12,16,18-19,21H,5-7,10-11H2,1-4H3;4-7H2,1-3H3/t16-,18-,19-;/m1./s1. The molecule has 3 atom stereocenters. The fourth-order valence-electron chi connectivity index (χ4n) is 5.01. The first-order valence-corrected chi connectivity index (χ1v) is 13.3. The van der Waals surface area contributed by atoms with Gasteiger partial charge in [-0.15, -0.1) is 0 Å². The molecular formula is C27H46INO. The number of nitrogens with zero attached hydrogens (tertiary/aromatic N) is 1. The molecule has 0 amide bonds. The Hall–Kier alpha value is -0.130. The first-order valence-electron chi connectivity index (χ1n) is 12.2. The van der Waals surface area contributed by atoms with Crippen LogP contribution in [0.25, 0.3) is 0 Å². The lowest BCUT2D eigenvalue weighted by Crippen LogP contribution is -2.48. The first-order chi connectivity index (χ1) is 14.0. The maximum absolute atomic E-state index is 10.6. The van der Waals surface area contributed by atoms with Crippen LogP contribution in [0, 0.1) is 25.7 Å². The summed E-state index contributed by atoms with van der Waals surface area (Å²) in [7, 11) is 0. The Morgan fingerprint density at radius 2 is 1.83 bits per heavy atom. The average Bonchev–Trinajstić information content (AvgIpc) is 2.63. The van der Waals surface area contributed by atoms with E-state index in [9.17, 15) is 5.11 Å². The van der Waals surface area contributed by atoms with E-state index in [1.165, 1.54) is 47.9 Å². The van der Waals surface area contributed by atoms with Crippen LogP contribution in [0.1, 0.15) is 101 Å². The summed E-state index contributed by atoms with van der Waals surface area (Å²) in [6.45, 7) is 18.0. The largest absolute Gasteiger partial charge is 0.393 e. The fraction of sp³-hybridized carbons (Fsp3) is 0.778. The third kappa shape index (κ3) is 7.78. The van der Waals surface area contributed by atoms with Gasteiger partial charge in [-0.3, -0.25) is 4.90 Å². The van der Waals surface area contributed by atoms with Gasteiger partial charge in [0, 0.05) is 22.6 Å². The summed E-state index contributed by atoms with van der Waals surface area (Å²) in [5.41, 5.74) is 5.77. The average molecular weight is 528 g/mol. The minimum absolute atomic E-state index is 0.138. The molecule has 1 aromatic carbocycles. The molecule has 2 nitrogen and oxygen atoms in total. The van der Waals surface area contributed by atoms with Gasteiger partial charge in [0.25, 0.3) is 0 Å². The molecule has 0 radical (unpaired) electrons. The Morgan fingerprint density at radius 3 is 2.43 bits per heavy atom. The molecular weight excluding hydrogens is 481 g/mol. The highest BCUT2D eigenvalue weighted by Gasteiger charge is 2.38. The molecule has 1 aromatic rings. The van der Waals surface area contributed by atoms with Gasteiger partial charge in [-0.25, -0.2) is 0 Å². The lowest BCUT2D eigenvalue weighted by molar-refractivity contribution is -0.0191. The van der Waals surface area contributed by atoms with Crippen LogP contribution in [0.2, 0.25) is 0 Å². The smallest absolute Gasteiger partial charge is 0.0598 e. The van der Waals surface area contributed by atoms with Crippen LogP contribution >= 0.6 is 22.6 Å². The van der Waals surface area contributed by atoms with Gasteiger partial charge in [-0.1, -0.05) is 88.6 Å². The second kappa shape index (κ2) is 11.7. The van der Waals surface area contributed by atoms with Gasteiger partial charge in [0.15, 0.2) is 0 Å². The van der Waals surface area contributed by atoms with Crippen molar-refractivity contribution in [1.29, 1.82) is 0 Å². The predicted octanol–water partition coefficient (Wildman–Crippen LogP) is 7.41. The minimum atomic E-state index is -0.138. The summed E-state index contributed by atoms with van der Waals surface area (Å²) in [5.74, 6) is 1.12. The highest BCUT2D eigenvalue weighted by atomic mass is 127. The zero-order chi connectivity index (χ0) is 22.5. The molecule has 30 heavy (non-hydrogen) atoms. The number of hydrogen-bond donors (Lipinski definition) is 1. The van der Waals surface area contributed by atoms with Crippen LogP contribution in [-0.4, -0.2) is 32.6 Å². The minimum Gasteiger partial charge on any atom is -0.393 e. The molecule has 2 heterocycles. The number of halogens is 1. The molecule has 0 saturated carbocycles. The van der Waals surface area contributed by atoms with E-state index in [1.54, 1.807) is 0 Å². The summed E-state index contributed by atoms with van der Waals surface area (Å²) < 4.78 is 0.521. The summed E-state index contributed by atoms with van der Waals surface area (Å²) in [4.78, 5) is 2.62. The van der Waals surface area contributed by atoms with Crippen LogP contribution in [0.5, 0.6) is 0 Å². The van der Waals surface area contributed by atoms with Crippen LogP contribution in [0.15, 0.2) is 12.1 Å². The fourth-order valence-corrected chi connectivity index (χ4v) is 5.39. The van der Waals surface area contributed by atoms with Gasteiger partial charge in [0.05, 0.1) is 6.10 Å². The second-order valence-electron chi connectivity index (χ2n) is 10.8. The van der Waals surface area contributed by atoms with Crippen molar-refractivity contribution in [1.82, 2.24) is 4.90 Å². The molecule has 1 N–H and O–H groups in total. The zero-order valence-electron chi connectivity index (χ0n) is 20.6. The lowest BCUT2D eigenvalue weighted by atomic mass is 9.78. The van der Waals surface area contributed by atoms with E-state index >= 15 is 0 Å². The normalized spacial score (nSPS) is 24.1. The monoisotopic (exact) mass is 527 g/mol. The van der Waals surface area contributed by atoms with Crippen molar-refractivity contribution in [3.63, 3.8) is 0 Å².